The lowest BCUT2D eigenvalue weighted by Gasteiger charge is -2.31. The predicted octanol–water partition coefficient (Wildman–Crippen LogP) is 1.77. The van der Waals surface area contributed by atoms with E-state index in [0.717, 1.165) is 30.4 Å². The van der Waals surface area contributed by atoms with Crippen molar-refractivity contribution in [3.05, 3.63) is 35.4 Å². The molecule has 1 N–H and O–H groups in total. The molecule has 1 fully saturated rings. The average molecular weight is 289 g/mol. The number of fused-ring (bicyclic) bond motifs is 1. The number of carbonyl (C=O) groups is 2. The van der Waals surface area contributed by atoms with Crippen LogP contribution in [0.1, 0.15) is 36.5 Å². The van der Waals surface area contributed by atoms with Gasteiger partial charge in [-0.3, -0.25) is 9.59 Å². The van der Waals surface area contributed by atoms with Gasteiger partial charge in [0, 0.05) is 12.6 Å². The topological polar surface area (TPSA) is 66.8 Å². The summed E-state index contributed by atoms with van der Waals surface area (Å²) < 4.78 is 5.69. The molecule has 1 aromatic carbocycles. The molecule has 1 saturated heterocycles. The zero-order valence-corrected chi connectivity index (χ0v) is 11.8. The highest BCUT2D eigenvalue weighted by molar-refractivity contribution is 5.84. The molecular weight excluding hydrogens is 270 g/mol. The largest absolute Gasteiger partial charge is 0.481 e. The third kappa shape index (κ3) is 2.78. The smallest absolute Gasteiger partial charge is 0.305 e. The summed E-state index contributed by atoms with van der Waals surface area (Å²) in [6.45, 7) is 1.16. The van der Waals surface area contributed by atoms with E-state index in [1.54, 1.807) is 4.90 Å². The molecule has 0 aromatic heterocycles. The van der Waals surface area contributed by atoms with Crippen molar-refractivity contribution in [2.45, 2.75) is 37.8 Å². The van der Waals surface area contributed by atoms with Crippen molar-refractivity contribution in [3.8, 4) is 0 Å². The third-order valence-electron chi connectivity index (χ3n) is 4.29. The number of hydrogen-bond acceptors (Lipinski definition) is 3. The van der Waals surface area contributed by atoms with Gasteiger partial charge in [-0.05, 0) is 30.4 Å². The monoisotopic (exact) mass is 289 g/mol. The van der Waals surface area contributed by atoms with Crippen LogP contribution in [0.5, 0.6) is 0 Å². The Morgan fingerprint density at radius 3 is 2.95 bits per heavy atom. The lowest BCUT2D eigenvalue weighted by molar-refractivity contribution is -0.147. The molecule has 1 amide bonds. The van der Waals surface area contributed by atoms with Gasteiger partial charge in [-0.25, -0.2) is 0 Å². The van der Waals surface area contributed by atoms with Crippen LogP contribution < -0.4 is 0 Å². The second kappa shape index (κ2) is 5.85. The molecular formula is C16H19NO4. The number of aliphatic carboxylic acids is 1. The quantitative estimate of drug-likeness (QED) is 0.921. The van der Waals surface area contributed by atoms with Crippen LogP contribution in [0, 0.1) is 0 Å². The van der Waals surface area contributed by atoms with Gasteiger partial charge in [0.25, 0.3) is 5.91 Å². The minimum Gasteiger partial charge on any atom is -0.481 e. The fraction of sp³-hybridized carbons (Fsp3) is 0.500. The third-order valence-corrected chi connectivity index (χ3v) is 4.29. The second-order valence-electron chi connectivity index (χ2n) is 5.63. The number of hydrogen-bond donors (Lipinski definition) is 1. The Balaban J connectivity index is 1.81. The molecule has 2 atom stereocenters. The van der Waals surface area contributed by atoms with E-state index in [-0.39, 0.29) is 18.4 Å². The van der Waals surface area contributed by atoms with Crippen molar-refractivity contribution in [1.29, 1.82) is 0 Å². The first kappa shape index (κ1) is 14.1. The summed E-state index contributed by atoms with van der Waals surface area (Å²) in [7, 11) is 0. The minimum atomic E-state index is -0.857. The van der Waals surface area contributed by atoms with Crippen molar-refractivity contribution in [2.24, 2.45) is 0 Å². The summed E-state index contributed by atoms with van der Waals surface area (Å²) in [6, 6.07) is 7.63. The molecule has 0 spiro atoms. The number of rotatable bonds is 3. The Morgan fingerprint density at radius 1 is 1.33 bits per heavy atom. The van der Waals surface area contributed by atoms with E-state index in [1.807, 2.05) is 24.3 Å². The van der Waals surface area contributed by atoms with Crippen molar-refractivity contribution in [1.82, 2.24) is 4.90 Å². The van der Waals surface area contributed by atoms with E-state index in [1.165, 1.54) is 0 Å². The summed E-state index contributed by atoms with van der Waals surface area (Å²) >= 11 is 0. The van der Waals surface area contributed by atoms with Gasteiger partial charge in [0.15, 0.2) is 6.10 Å². The molecule has 0 aliphatic carbocycles. The van der Waals surface area contributed by atoms with Crippen LogP contribution in [-0.2, 0) is 20.7 Å². The average Bonchev–Trinajstić information content (AvgIpc) is 2.93. The van der Waals surface area contributed by atoms with Gasteiger partial charge in [-0.15, -0.1) is 0 Å². The number of carbonyl (C=O) groups excluding carboxylic acids is 1. The summed E-state index contributed by atoms with van der Waals surface area (Å²) in [6.07, 6.45) is 1.87. The highest BCUT2D eigenvalue weighted by Crippen LogP contribution is 2.31. The number of benzene rings is 1. The highest BCUT2D eigenvalue weighted by atomic mass is 16.5. The van der Waals surface area contributed by atoms with E-state index in [4.69, 9.17) is 9.84 Å². The molecule has 0 saturated carbocycles. The molecule has 2 heterocycles. The fourth-order valence-electron chi connectivity index (χ4n) is 3.29. The van der Waals surface area contributed by atoms with Crippen molar-refractivity contribution >= 4 is 11.9 Å². The molecule has 21 heavy (non-hydrogen) atoms. The first-order valence-electron chi connectivity index (χ1n) is 7.38. The van der Waals surface area contributed by atoms with Gasteiger partial charge in [0.2, 0.25) is 0 Å². The number of ether oxygens (including phenoxy) is 1. The fourth-order valence-corrected chi connectivity index (χ4v) is 3.29. The van der Waals surface area contributed by atoms with E-state index in [0.29, 0.717) is 13.2 Å². The van der Waals surface area contributed by atoms with Crippen LogP contribution in [-0.4, -0.2) is 41.1 Å². The lowest BCUT2D eigenvalue weighted by atomic mass is 9.96. The van der Waals surface area contributed by atoms with Crippen LogP contribution >= 0.6 is 0 Å². The minimum absolute atomic E-state index is 0.0140. The van der Waals surface area contributed by atoms with Gasteiger partial charge in [0.1, 0.15) is 0 Å². The van der Waals surface area contributed by atoms with Crippen LogP contribution in [0.4, 0.5) is 0 Å². The van der Waals surface area contributed by atoms with E-state index in [9.17, 15) is 9.59 Å². The normalized spacial score (nSPS) is 24.7. The van der Waals surface area contributed by atoms with Gasteiger partial charge in [0.05, 0.1) is 13.0 Å². The van der Waals surface area contributed by atoms with Gasteiger partial charge < -0.3 is 14.7 Å². The molecule has 0 radical (unpaired) electrons. The number of amides is 1. The zero-order chi connectivity index (χ0) is 14.8. The van der Waals surface area contributed by atoms with Gasteiger partial charge in [-0.2, -0.15) is 0 Å². The van der Waals surface area contributed by atoms with Gasteiger partial charge in [-0.1, -0.05) is 24.3 Å². The highest BCUT2D eigenvalue weighted by Gasteiger charge is 2.37. The maximum atomic E-state index is 12.8. The predicted molar refractivity (Wildman–Crippen MR) is 75.8 cm³/mol. The first-order valence-corrected chi connectivity index (χ1v) is 7.38. The number of carboxylic acid groups (broad SMARTS) is 1. The van der Waals surface area contributed by atoms with Crippen molar-refractivity contribution in [3.63, 3.8) is 0 Å². The molecule has 5 heteroatoms. The van der Waals surface area contributed by atoms with Crippen LogP contribution in [0.15, 0.2) is 24.3 Å². The molecule has 0 bridgehead atoms. The lowest BCUT2D eigenvalue weighted by Crippen LogP contribution is -2.41. The Kier molecular flexibility index (Phi) is 3.92. The van der Waals surface area contributed by atoms with Crippen LogP contribution in [0.3, 0.4) is 0 Å². The number of likely N-dealkylation sites (tertiary alicyclic amines) is 1. The summed E-state index contributed by atoms with van der Waals surface area (Å²) in [5.41, 5.74) is 2.07. The summed E-state index contributed by atoms with van der Waals surface area (Å²) in [5.74, 6) is -0.949. The van der Waals surface area contributed by atoms with Crippen LogP contribution in [0.25, 0.3) is 0 Å². The number of nitrogens with zero attached hydrogens (tertiary/aromatic N) is 1. The van der Waals surface area contributed by atoms with Crippen molar-refractivity contribution in [2.75, 3.05) is 13.2 Å². The molecule has 5 nitrogen and oxygen atoms in total. The first-order chi connectivity index (χ1) is 10.2. The number of carboxylic acids is 1. The molecule has 2 aliphatic heterocycles. The standard InChI is InChI=1S/C16H19NO4/c18-14(19)10-12-5-3-8-17(12)16(20)15-13-6-2-1-4-11(13)7-9-21-15/h1-2,4,6,12,15H,3,5,7-10H2,(H,18,19). The summed E-state index contributed by atoms with van der Waals surface area (Å²) in [4.78, 5) is 25.4. The van der Waals surface area contributed by atoms with Crippen molar-refractivity contribution < 1.29 is 19.4 Å². The SMILES string of the molecule is O=C(O)CC1CCCN1C(=O)C1OCCc2ccccc21. The van der Waals surface area contributed by atoms with Gasteiger partial charge >= 0.3 is 5.97 Å². The molecule has 2 unspecified atom stereocenters. The Labute approximate surface area is 123 Å². The second-order valence-corrected chi connectivity index (χ2v) is 5.63. The zero-order valence-electron chi connectivity index (χ0n) is 11.8. The molecule has 112 valence electrons. The Bertz CT molecular complexity index is 557. The van der Waals surface area contributed by atoms with E-state index in [2.05, 4.69) is 0 Å². The molecule has 3 rings (SSSR count). The van der Waals surface area contributed by atoms with Crippen LogP contribution in [0.2, 0.25) is 0 Å². The Morgan fingerprint density at radius 2 is 2.14 bits per heavy atom. The maximum absolute atomic E-state index is 12.8. The Hall–Kier alpha value is -1.88. The molecule has 1 aromatic rings. The molecule has 2 aliphatic rings. The maximum Gasteiger partial charge on any atom is 0.305 e. The van der Waals surface area contributed by atoms with E-state index < -0.39 is 12.1 Å². The van der Waals surface area contributed by atoms with E-state index >= 15 is 0 Å². The summed E-state index contributed by atoms with van der Waals surface area (Å²) in [5, 5.41) is 8.97.